The van der Waals surface area contributed by atoms with E-state index in [1.807, 2.05) is 5.01 Å². The minimum atomic E-state index is -0.0978. The van der Waals surface area contributed by atoms with E-state index in [4.69, 9.17) is 16.7 Å². The molecule has 2 heterocycles. The lowest BCUT2D eigenvalue weighted by molar-refractivity contribution is 0.0489. The molecule has 6 nitrogen and oxygen atoms in total. The molecule has 1 fully saturated rings. The maximum Gasteiger partial charge on any atom is 0.277 e. The Bertz CT molecular complexity index is 495. The van der Waals surface area contributed by atoms with Crippen LogP contribution in [0.25, 0.3) is 0 Å². The topological polar surface area (TPSA) is 61.6 Å². The molecule has 0 aromatic carbocycles. The Labute approximate surface area is 124 Å². The Morgan fingerprint density at radius 2 is 2.10 bits per heavy atom. The summed E-state index contributed by atoms with van der Waals surface area (Å²) in [6.45, 7) is 7.83. The van der Waals surface area contributed by atoms with Gasteiger partial charge in [-0.05, 0) is 38.9 Å². The van der Waals surface area contributed by atoms with Crippen molar-refractivity contribution in [2.75, 3.05) is 19.6 Å². The number of hydrogen-bond donors (Lipinski definition) is 1. The molecule has 0 saturated carbocycles. The average Bonchev–Trinajstić information content (AvgIpc) is 3.03. The summed E-state index contributed by atoms with van der Waals surface area (Å²) in [6.07, 6.45) is 1.90. The van der Waals surface area contributed by atoms with Crippen LogP contribution in [0.4, 0.5) is 0 Å². The lowest BCUT2D eigenvalue weighted by atomic mass is 10.2. The SMILES string of the molecule is CCCNC(=S)N1CCCN1C(=O)c1c(C)noc1C. The monoisotopic (exact) mass is 296 g/mol. The molecule has 20 heavy (non-hydrogen) atoms. The Balaban J connectivity index is 2.15. The molecule has 110 valence electrons. The van der Waals surface area contributed by atoms with Crippen LogP contribution in [0.15, 0.2) is 4.52 Å². The van der Waals surface area contributed by atoms with Crippen molar-refractivity contribution >= 4 is 23.2 Å². The van der Waals surface area contributed by atoms with Gasteiger partial charge in [0, 0.05) is 19.6 Å². The number of carbonyl (C=O) groups is 1. The maximum absolute atomic E-state index is 12.6. The van der Waals surface area contributed by atoms with Crippen LogP contribution in [0.3, 0.4) is 0 Å². The second-order valence-electron chi connectivity index (χ2n) is 4.84. The summed E-state index contributed by atoms with van der Waals surface area (Å²) in [4.78, 5) is 12.6. The zero-order valence-corrected chi connectivity index (χ0v) is 12.9. The van der Waals surface area contributed by atoms with Gasteiger partial charge in [-0.1, -0.05) is 12.1 Å². The number of aryl methyl sites for hydroxylation is 2. The lowest BCUT2D eigenvalue weighted by Crippen LogP contribution is -2.49. The third-order valence-electron chi connectivity index (χ3n) is 3.27. The van der Waals surface area contributed by atoms with E-state index in [-0.39, 0.29) is 5.91 Å². The van der Waals surface area contributed by atoms with Gasteiger partial charge in [-0.3, -0.25) is 9.80 Å². The highest BCUT2D eigenvalue weighted by molar-refractivity contribution is 7.80. The van der Waals surface area contributed by atoms with Crippen molar-refractivity contribution in [2.24, 2.45) is 0 Å². The summed E-state index contributed by atoms with van der Waals surface area (Å²) in [5.41, 5.74) is 1.15. The molecule has 0 spiro atoms. The fourth-order valence-electron chi connectivity index (χ4n) is 2.27. The molecule has 1 aromatic heterocycles. The van der Waals surface area contributed by atoms with Crippen LogP contribution in [0, 0.1) is 13.8 Å². The Morgan fingerprint density at radius 1 is 1.40 bits per heavy atom. The first kappa shape index (κ1) is 14.8. The van der Waals surface area contributed by atoms with Crippen LogP contribution in [0.1, 0.15) is 41.6 Å². The van der Waals surface area contributed by atoms with Gasteiger partial charge in [0.15, 0.2) is 5.11 Å². The van der Waals surface area contributed by atoms with E-state index < -0.39 is 0 Å². The van der Waals surface area contributed by atoms with Gasteiger partial charge in [0.25, 0.3) is 5.91 Å². The smallest absolute Gasteiger partial charge is 0.277 e. The van der Waals surface area contributed by atoms with Crippen molar-refractivity contribution < 1.29 is 9.32 Å². The Morgan fingerprint density at radius 3 is 2.70 bits per heavy atom. The van der Waals surface area contributed by atoms with Crippen molar-refractivity contribution in [3.63, 3.8) is 0 Å². The molecular weight excluding hydrogens is 276 g/mol. The van der Waals surface area contributed by atoms with Gasteiger partial charge in [0.2, 0.25) is 0 Å². The predicted molar refractivity (Wildman–Crippen MR) is 79.2 cm³/mol. The quantitative estimate of drug-likeness (QED) is 0.856. The van der Waals surface area contributed by atoms with Gasteiger partial charge < -0.3 is 9.84 Å². The summed E-state index contributed by atoms with van der Waals surface area (Å²) in [5, 5.41) is 11.1. The third-order valence-corrected chi connectivity index (χ3v) is 3.63. The molecule has 0 radical (unpaired) electrons. The molecule has 0 bridgehead atoms. The zero-order valence-electron chi connectivity index (χ0n) is 12.1. The van der Waals surface area contributed by atoms with Crippen molar-refractivity contribution in [1.82, 2.24) is 20.5 Å². The van der Waals surface area contributed by atoms with Crippen molar-refractivity contribution in [2.45, 2.75) is 33.6 Å². The number of hydrogen-bond acceptors (Lipinski definition) is 4. The van der Waals surface area contributed by atoms with Gasteiger partial charge in [0.1, 0.15) is 11.3 Å². The first-order valence-electron chi connectivity index (χ1n) is 6.86. The summed E-state index contributed by atoms with van der Waals surface area (Å²) in [6, 6.07) is 0. The van der Waals surface area contributed by atoms with Crippen LogP contribution in [-0.4, -0.2) is 45.8 Å². The van der Waals surface area contributed by atoms with Crippen LogP contribution < -0.4 is 5.32 Å². The van der Waals surface area contributed by atoms with E-state index in [1.54, 1.807) is 18.9 Å². The number of carbonyl (C=O) groups excluding carboxylic acids is 1. The second kappa shape index (κ2) is 6.21. The van der Waals surface area contributed by atoms with Crippen LogP contribution >= 0.6 is 12.2 Å². The van der Waals surface area contributed by atoms with E-state index in [1.165, 1.54) is 0 Å². The number of hydrazine groups is 1. The van der Waals surface area contributed by atoms with E-state index in [2.05, 4.69) is 17.4 Å². The normalized spacial score (nSPS) is 14.8. The average molecular weight is 296 g/mol. The van der Waals surface area contributed by atoms with Crippen molar-refractivity contribution in [3.05, 3.63) is 17.0 Å². The van der Waals surface area contributed by atoms with Gasteiger partial charge in [-0.25, -0.2) is 5.01 Å². The molecule has 2 rings (SSSR count). The van der Waals surface area contributed by atoms with Gasteiger partial charge in [-0.15, -0.1) is 0 Å². The molecule has 1 N–H and O–H groups in total. The highest BCUT2D eigenvalue weighted by atomic mass is 32.1. The molecule has 7 heteroatoms. The number of nitrogens with zero attached hydrogens (tertiary/aromatic N) is 3. The summed E-state index contributed by atoms with van der Waals surface area (Å²) in [5.74, 6) is 0.450. The summed E-state index contributed by atoms with van der Waals surface area (Å²) < 4.78 is 5.07. The number of aromatic nitrogens is 1. The Hall–Kier alpha value is -1.63. The van der Waals surface area contributed by atoms with Crippen LogP contribution in [0.2, 0.25) is 0 Å². The highest BCUT2D eigenvalue weighted by Crippen LogP contribution is 2.20. The first-order chi connectivity index (χ1) is 9.56. The van der Waals surface area contributed by atoms with E-state index >= 15 is 0 Å². The molecular formula is C13H20N4O2S. The minimum Gasteiger partial charge on any atom is -0.361 e. The third kappa shape index (κ3) is 2.77. The maximum atomic E-state index is 12.6. The molecule has 1 saturated heterocycles. The lowest BCUT2D eigenvalue weighted by Gasteiger charge is -2.30. The van der Waals surface area contributed by atoms with E-state index in [0.29, 0.717) is 28.7 Å². The van der Waals surface area contributed by atoms with Gasteiger partial charge in [-0.2, -0.15) is 0 Å². The summed E-state index contributed by atoms with van der Waals surface area (Å²) >= 11 is 5.35. The van der Waals surface area contributed by atoms with Gasteiger partial charge in [0.05, 0.1) is 5.69 Å². The first-order valence-corrected chi connectivity index (χ1v) is 7.27. The molecule has 0 atom stereocenters. The summed E-state index contributed by atoms with van der Waals surface area (Å²) in [7, 11) is 0. The number of nitrogens with one attached hydrogen (secondary N) is 1. The molecule has 0 unspecified atom stereocenters. The van der Waals surface area contributed by atoms with Crippen molar-refractivity contribution in [3.8, 4) is 0 Å². The van der Waals surface area contributed by atoms with Gasteiger partial charge >= 0.3 is 0 Å². The molecule has 1 amide bonds. The highest BCUT2D eigenvalue weighted by Gasteiger charge is 2.32. The zero-order chi connectivity index (χ0) is 14.7. The molecule has 0 aliphatic carbocycles. The number of rotatable bonds is 3. The largest absolute Gasteiger partial charge is 0.361 e. The van der Waals surface area contributed by atoms with Crippen LogP contribution in [-0.2, 0) is 0 Å². The van der Waals surface area contributed by atoms with Crippen LogP contribution in [0.5, 0.6) is 0 Å². The van der Waals surface area contributed by atoms with E-state index in [9.17, 15) is 4.79 Å². The standard InChI is InChI=1S/C13H20N4O2S/c1-4-6-14-13(20)17-8-5-7-16(17)12(18)11-9(2)15-19-10(11)3/h4-8H2,1-3H3,(H,14,20). The minimum absolute atomic E-state index is 0.0978. The van der Waals surface area contributed by atoms with Crippen molar-refractivity contribution in [1.29, 1.82) is 0 Å². The molecule has 1 aliphatic heterocycles. The number of amides is 1. The fourth-order valence-corrected chi connectivity index (χ4v) is 2.57. The molecule has 1 aliphatic rings. The predicted octanol–water partition coefficient (Wildman–Crippen LogP) is 1.64. The fraction of sp³-hybridized carbons (Fsp3) is 0.615. The number of thiocarbonyl (C=S) groups is 1. The Kier molecular flexibility index (Phi) is 4.59. The van der Waals surface area contributed by atoms with E-state index in [0.717, 1.165) is 25.9 Å². The molecule has 1 aromatic rings. The second-order valence-corrected chi connectivity index (χ2v) is 5.22.